The zero-order valence-electron chi connectivity index (χ0n) is 17.9. The van der Waals surface area contributed by atoms with Crippen molar-refractivity contribution in [2.45, 2.75) is 45.6 Å². The molecule has 1 amide bonds. The van der Waals surface area contributed by atoms with Crippen LogP contribution in [0.25, 0.3) is 10.7 Å². The second-order valence-corrected chi connectivity index (χ2v) is 9.31. The Hall–Kier alpha value is -2.33. The van der Waals surface area contributed by atoms with Crippen LogP contribution in [-0.2, 0) is 16.1 Å². The molecule has 1 aromatic carbocycles. The molecule has 0 spiro atoms. The van der Waals surface area contributed by atoms with Crippen molar-refractivity contribution in [3.63, 3.8) is 0 Å². The van der Waals surface area contributed by atoms with E-state index in [4.69, 9.17) is 17.0 Å². The van der Waals surface area contributed by atoms with E-state index < -0.39 is 6.04 Å². The lowest BCUT2D eigenvalue weighted by Gasteiger charge is -2.35. The Bertz CT molecular complexity index is 1080. The number of anilines is 1. The second kappa shape index (κ2) is 9.44. The van der Waals surface area contributed by atoms with Gasteiger partial charge in [-0.05, 0) is 56.1 Å². The molecule has 2 aromatic heterocycles. The average Bonchev–Trinajstić information content (AvgIpc) is 3.37. The fourth-order valence-corrected chi connectivity index (χ4v) is 5.03. The number of carbonyl (C=O) groups excluding carboxylic acids is 1. The highest BCUT2D eigenvalue weighted by atomic mass is 32.1. The average molecular weight is 458 g/mol. The standard InChI is InChI=1S/C22H27N5O2S2/c1-14-11-26(12-15(2)29-14)13-17-7-4-5-8-18(17)23-21(28)16(3)27-20(24-25-22(27)30)19-9-6-10-31-19/h4-10,14-16H,11-13H2,1-3H3,(H,23,28)(H,25,30). The number of hydrogen-bond acceptors (Lipinski definition) is 6. The summed E-state index contributed by atoms with van der Waals surface area (Å²) in [5.74, 6) is 0.540. The molecule has 1 aliphatic heterocycles. The van der Waals surface area contributed by atoms with E-state index in [1.54, 1.807) is 15.9 Å². The number of benzene rings is 1. The lowest BCUT2D eigenvalue weighted by Crippen LogP contribution is -2.44. The Morgan fingerprint density at radius 1 is 1.29 bits per heavy atom. The molecule has 3 atom stereocenters. The van der Waals surface area contributed by atoms with Crippen LogP contribution in [0.1, 0.15) is 32.4 Å². The summed E-state index contributed by atoms with van der Waals surface area (Å²) in [4.78, 5) is 16.5. The third kappa shape index (κ3) is 4.95. The predicted octanol–water partition coefficient (Wildman–Crippen LogP) is 4.48. The van der Waals surface area contributed by atoms with Gasteiger partial charge in [0.15, 0.2) is 10.6 Å². The van der Waals surface area contributed by atoms with E-state index in [0.717, 1.165) is 35.8 Å². The van der Waals surface area contributed by atoms with Gasteiger partial charge in [-0.25, -0.2) is 0 Å². The Morgan fingerprint density at radius 3 is 2.74 bits per heavy atom. The van der Waals surface area contributed by atoms with Gasteiger partial charge in [0, 0.05) is 25.3 Å². The van der Waals surface area contributed by atoms with Crippen LogP contribution in [0.5, 0.6) is 0 Å². The Labute approximate surface area is 191 Å². The Morgan fingerprint density at radius 2 is 2.03 bits per heavy atom. The van der Waals surface area contributed by atoms with Crippen molar-refractivity contribution in [3.8, 4) is 10.7 Å². The number of hydrogen-bond donors (Lipinski definition) is 2. The van der Waals surface area contributed by atoms with Gasteiger partial charge in [0.25, 0.3) is 0 Å². The largest absolute Gasteiger partial charge is 0.373 e. The number of nitrogens with zero attached hydrogens (tertiary/aromatic N) is 3. The van der Waals surface area contributed by atoms with Crippen molar-refractivity contribution in [2.75, 3.05) is 18.4 Å². The molecule has 0 saturated carbocycles. The minimum atomic E-state index is -0.514. The maximum absolute atomic E-state index is 13.2. The molecule has 3 unspecified atom stereocenters. The summed E-state index contributed by atoms with van der Waals surface area (Å²) < 4.78 is 8.04. The van der Waals surface area contributed by atoms with Gasteiger partial charge in [-0.2, -0.15) is 5.10 Å². The molecule has 4 rings (SSSR count). The van der Waals surface area contributed by atoms with Crippen LogP contribution in [0.2, 0.25) is 0 Å². The number of para-hydroxylation sites is 1. The summed E-state index contributed by atoms with van der Waals surface area (Å²) >= 11 is 6.98. The molecule has 0 aliphatic carbocycles. The molecular weight excluding hydrogens is 430 g/mol. The van der Waals surface area contributed by atoms with Crippen molar-refractivity contribution < 1.29 is 9.53 Å². The Balaban J connectivity index is 1.52. The van der Waals surface area contributed by atoms with Gasteiger partial charge in [-0.15, -0.1) is 11.3 Å². The first-order chi connectivity index (χ1) is 14.9. The SMILES string of the molecule is CC1CN(Cc2ccccc2NC(=O)C(C)n2c(-c3cccs3)n[nH]c2=S)CC(C)O1. The van der Waals surface area contributed by atoms with Crippen LogP contribution < -0.4 is 5.32 Å². The van der Waals surface area contributed by atoms with Gasteiger partial charge in [0.05, 0.1) is 17.1 Å². The minimum Gasteiger partial charge on any atom is -0.373 e. The van der Waals surface area contributed by atoms with E-state index in [0.29, 0.717) is 10.6 Å². The molecule has 1 fully saturated rings. The summed E-state index contributed by atoms with van der Waals surface area (Å²) in [6.07, 6.45) is 0.397. The predicted molar refractivity (Wildman–Crippen MR) is 126 cm³/mol. The van der Waals surface area contributed by atoms with Crippen molar-refractivity contribution in [2.24, 2.45) is 0 Å². The lowest BCUT2D eigenvalue weighted by atomic mass is 10.1. The maximum atomic E-state index is 13.2. The summed E-state index contributed by atoms with van der Waals surface area (Å²) in [6.45, 7) is 8.53. The third-order valence-electron chi connectivity index (χ3n) is 5.38. The number of ether oxygens (including phenoxy) is 1. The van der Waals surface area contributed by atoms with Crippen molar-refractivity contribution in [1.82, 2.24) is 19.7 Å². The zero-order chi connectivity index (χ0) is 22.0. The summed E-state index contributed by atoms with van der Waals surface area (Å²) in [5.41, 5.74) is 1.90. The number of rotatable bonds is 6. The molecule has 3 aromatic rings. The Kier molecular flexibility index (Phi) is 6.66. The molecule has 7 nitrogen and oxygen atoms in total. The van der Waals surface area contributed by atoms with E-state index >= 15 is 0 Å². The summed E-state index contributed by atoms with van der Waals surface area (Å²) in [6, 6.07) is 11.4. The highest BCUT2D eigenvalue weighted by molar-refractivity contribution is 7.71. The molecule has 1 saturated heterocycles. The highest BCUT2D eigenvalue weighted by Gasteiger charge is 2.24. The first kappa shape index (κ1) is 21.9. The molecule has 31 heavy (non-hydrogen) atoms. The number of morpholine rings is 1. The van der Waals surface area contributed by atoms with Crippen LogP contribution in [0, 0.1) is 4.77 Å². The van der Waals surface area contributed by atoms with Crippen LogP contribution in [-0.4, -0.2) is 50.9 Å². The van der Waals surface area contributed by atoms with Crippen LogP contribution in [0.4, 0.5) is 5.69 Å². The highest BCUT2D eigenvalue weighted by Crippen LogP contribution is 2.27. The molecule has 0 radical (unpaired) electrons. The van der Waals surface area contributed by atoms with Gasteiger partial charge < -0.3 is 10.1 Å². The number of thiophene rings is 1. The second-order valence-electron chi connectivity index (χ2n) is 7.97. The molecular formula is C22H27N5O2S2. The molecule has 3 heterocycles. The number of amides is 1. The van der Waals surface area contributed by atoms with E-state index in [-0.39, 0.29) is 18.1 Å². The number of carbonyl (C=O) groups is 1. The molecule has 164 valence electrons. The van der Waals surface area contributed by atoms with Crippen molar-refractivity contribution in [3.05, 3.63) is 52.1 Å². The topological polar surface area (TPSA) is 75.2 Å². The quantitative estimate of drug-likeness (QED) is 0.534. The van der Waals surface area contributed by atoms with Crippen LogP contribution in [0.3, 0.4) is 0 Å². The molecule has 2 N–H and O–H groups in total. The first-order valence-electron chi connectivity index (χ1n) is 10.4. The summed E-state index contributed by atoms with van der Waals surface area (Å²) in [7, 11) is 0. The molecule has 1 aliphatic rings. The van der Waals surface area contributed by atoms with Crippen molar-refractivity contribution in [1.29, 1.82) is 0 Å². The smallest absolute Gasteiger partial charge is 0.247 e. The maximum Gasteiger partial charge on any atom is 0.247 e. The first-order valence-corrected chi connectivity index (χ1v) is 11.7. The van der Waals surface area contributed by atoms with Crippen LogP contribution >= 0.6 is 23.6 Å². The lowest BCUT2D eigenvalue weighted by molar-refractivity contribution is -0.118. The van der Waals surface area contributed by atoms with E-state index in [2.05, 4.69) is 40.3 Å². The van der Waals surface area contributed by atoms with Crippen molar-refractivity contribution >= 4 is 35.1 Å². The fraction of sp³-hybridized carbons (Fsp3) is 0.409. The van der Waals surface area contributed by atoms with E-state index in [1.165, 1.54) is 0 Å². The monoisotopic (exact) mass is 457 g/mol. The van der Waals surface area contributed by atoms with Gasteiger partial charge in [-0.1, -0.05) is 24.3 Å². The molecule has 9 heteroatoms. The molecule has 0 bridgehead atoms. The van der Waals surface area contributed by atoms with Gasteiger partial charge in [-0.3, -0.25) is 19.4 Å². The van der Waals surface area contributed by atoms with E-state index in [1.807, 2.05) is 42.6 Å². The third-order valence-corrected chi connectivity index (χ3v) is 6.53. The van der Waals surface area contributed by atoms with Crippen LogP contribution in [0.15, 0.2) is 41.8 Å². The number of H-pyrrole nitrogens is 1. The van der Waals surface area contributed by atoms with Gasteiger partial charge in [0.1, 0.15) is 6.04 Å². The fourth-order valence-electron chi connectivity index (χ4n) is 4.03. The number of aromatic nitrogens is 3. The van der Waals surface area contributed by atoms with Gasteiger partial charge >= 0.3 is 0 Å². The zero-order valence-corrected chi connectivity index (χ0v) is 19.5. The number of aromatic amines is 1. The van der Waals surface area contributed by atoms with E-state index in [9.17, 15) is 4.79 Å². The van der Waals surface area contributed by atoms with Gasteiger partial charge in [0.2, 0.25) is 5.91 Å². The number of nitrogens with one attached hydrogen (secondary N) is 2. The normalized spacial score (nSPS) is 20.5. The summed E-state index contributed by atoms with van der Waals surface area (Å²) in [5, 5.41) is 12.2. The minimum absolute atomic E-state index is 0.133.